The number of hydrogen-bond acceptors (Lipinski definition) is 5. The van der Waals surface area contributed by atoms with E-state index in [0.717, 1.165) is 11.3 Å². The van der Waals surface area contributed by atoms with Gasteiger partial charge in [0.25, 0.3) is 0 Å². The van der Waals surface area contributed by atoms with Gasteiger partial charge < -0.3 is 15.2 Å². The van der Waals surface area contributed by atoms with E-state index in [1.54, 1.807) is 18.9 Å². The summed E-state index contributed by atoms with van der Waals surface area (Å²) in [5.41, 5.74) is 8.34. The summed E-state index contributed by atoms with van der Waals surface area (Å²) < 4.78 is 12.3. The van der Waals surface area contributed by atoms with Gasteiger partial charge in [-0.3, -0.25) is 0 Å². The fraction of sp³-hybridized carbons (Fsp3) is 0.125. The van der Waals surface area contributed by atoms with Gasteiger partial charge in [-0.05, 0) is 24.3 Å². The third-order valence-corrected chi connectivity index (χ3v) is 3.38. The normalized spacial score (nSPS) is 10.5. The summed E-state index contributed by atoms with van der Waals surface area (Å²) in [5.74, 6) is 1.79. The Kier molecular flexibility index (Phi) is 3.65. The van der Waals surface area contributed by atoms with Crippen LogP contribution in [0.2, 0.25) is 0 Å². The highest BCUT2D eigenvalue weighted by molar-refractivity contribution is 5.76. The molecule has 0 atom stereocenters. The highest BCUT2D eigenvalue weighted by atomic mass is 16.5. The second-order valence-electron chi connectivity index (χ2n) is 4.61. The van der Waals surface area contributed by atoms with Crippen molar-refractivity contribution >= 4 is 5.82 Å². The van der Waals surface area contributed by atoms with Crippen LogP contribution in [0.15, 0.2) is 48.5 Å². The average Bonchev–Trinajstić information content (AvgIpc) is 2.96. The summed E-state index contributed by atoms with van der Waals surface area (Å²) in [5, 5.41) is 8.35. The summed E-state index contributed by atoms with van der Waals surface area (Å²) in [6.45, 7) is 0. The third kappa shape index (κ3) is 2.24. The molecule has 112 valence electrons. The van der Waals surface area contributed by atoms with Gasteiger partial charge in [-0.2, -0.15) is 4.68 Å². The molecule has 0 fully saturated rings. The number of methoxy groups -OCH3 is 2. The maximum atomic E-state index is 6.24. The van der Waals surface area contributed by atoms with Crippen molar-refractivity contribution in [3.05, 3.63) is 48.5 Å². The maximum absolute atomic E-state index is 6.24. The first-order valence-electron chi connectivity index (χ1n) is 6.74. The minimum atomic E-state index is 0.425. The number of aromatic nitrogens is 3. The number of nitrogen functional groups attached to an aromatic ring is 1. The molecule has 0 unspecified atom stereocenters. The SMILES string of the molecule is COc1ccccc1-c1nnn(-c2ccccc2OC)c1N. The Hall–Kier alpha value is -3.02. The molecule has 1 heterocycles. The molecule has 6 heteroatoms. The van der Waals surface area contributed by atoms with Gasteiger partial charge in [-0.15, -0.1) is 5.10 Å². The molecule has 1 aromatic heterocycles. The molecule has 0 spiro atoms. The Labute approximate surface area is 128 Å². The van der Waals surface area contributed by atoms with Crippen molar-refractivity contribution in [3.63, 3.8) is 0 Å². The van der Waals surface area contributed by atoms with Crippen molar-refractivity contribution < 1.29 is 9.47 Å². The molecular formula is C16H16N4O2. The summed E-state index contributed by atoms with van der Waals surface area (Å²) >= 11 is 0. The van der Waals surface area contributed by atoms with E-state index in [1.807, 2.05) is 48.5 Å². The van der Waals surface area contributed by atoms with Crippen LogP contribution in [0.5, 0.6) is 11.5 Å². The maximum Gasteiger partial charge on any atom is 0.156 e. The molecule has 22 heavy (non-hydrogen) atoms. The Balaban J connectivity index is 2.13. The zero-order valence-corrected chi connectivity index (χ0v) is 12.4. The van der Waals surface area contributed by atoms with E-state index in [4.69, 9.17) is 15.2 Å². The summed E-state index contributed by atoms with van der Waals surface area (Å²) in [6, 6.07) is 15.0. The second kappa shape index (κ2) is 5.77. The lowest BCUT2D eigenvalue weighted by atomic mass is 10.1. The van der Waals surface area contributed by atoms with Crippen LogP contribution in [0.4, 0.5) is 5.82 Å². The van der Waals surface area contributed by atoms with E-state index in [-0.39, 0.29) is 0 Å². The molecular weight excluding hydrogens is 280 g/mol. The largest absolute Gasteiger partial charge is 0.496 e. The van der Waals surface area contributed by atoms with Gasteiger partial charge in [0.1, 0.15) is 22.9 Å². The van der Waals surface area contributed by atoms with Gasteiger partial charge in [0.15, 0.2) is 5.82 Å². The molecule has 0 amide bonds. The van der Waals surface area contributed by atoms with Gasteiger partial charge in [0.2, 0.25) is 0 Å². The number of hydrogen-bond donors (Lipinski definition) is 1. The first kappa shape index (κ1) is 13.9. The van der Waals surface area contributed by atoms with Gasteiger partial charge in [-0.25, -0.2) is 0 Å². The predicted octanol–water partition coefficient (Wildman–Crippen LogP) is 2.53. The van der Waals surface area contributed by atoms with Crippen LogP contribution in [0, 0.1) is 0 Å². The first-order chi connectivity index (χ1) is 10.8. The fourth-order valence-electron chi connectivity index (χ4n) is 2.30. The van der Waals surface area contributed by atoms with Crippen LogP contribution in [0.3, 0.4) is 0 Å². The molecule has 2 aromatic carbocycles. The van der Waals surface area contributed by atoms with E-state index < -0.39 is 0 Å². The van der Waals surface area contributed by atoms with E-state index in [0.29, 0.717) is 23.0 Å². The molecule has 3 aromatic rings. The summed E-state index contributed by atoms with van der Waals surface area (Å²) in [4.78, 5) is 0. The average molecular weight is 296 g/mol. The second-order valence-corrected chi connectivity index (χ2v) is 4.61. The molecule has 6 nitrogen and oxygen atoms in total. The zero-order valence-electron chi connectivity index (χ0n) is 12.4. The van der Waals surface area contributed by atoms with Crippen molar-refractivity contribution in [2.24, 2.45) is 0 Å². The Morgan fingerprint density at radius 1 is 0.909 bits per heavy atom. The van der Waals surface area contributed by atoms with Crippen molar-refractivity contribution in [1.82, 2.24) is 15.0 Å². The number of nitrogens with two attached hydrogens (primary N) is 1. The molecule has 0 aliphatic carbocycles. The molecule has 3 rings (SSSR count). The minimum absolute atomic E-state index is 0.425. The number of nitrogens with zero attached hydrogens (tertiary/aromatic N) is 3. The van der Waals surface area contributed by atoms with Gasteiger partial charge in [0.05, 0.1) is 14.2 Å². The van der Waals surface area contributed by atoms with Crippen LogP contribution in [0.1, 0.15) is 0 Å². The van der Waals surface area contributed by atoms with E-state index in [2.05, 4.69) is 10.3 Å². The molecule has 0 aliphatic rings. The third-order valence-electron chi connectivity index (χ3n) is 3.38. The smallest absolute Gasteiger partial charge is 0.156 e. The summed E-state index contributed by atoms with van der Waals surface area (Å²) in [7, 11) is 3.22. The molecule has 0 bridgehead atoms. The lowest BCUT2D eigenvalue weighted by Crippen LogP contribution is -2.04. The Bertz CT molecular complexity index is 733. The fourth-order valence-corrected chi connectivity index (χ4v) is 2.30. The van der Waals surface area contributed by atoms with E-state index in [1.165, 1.54) is 0 Å². The minimum Gasteiger partial charge on any atom is -0.496 e. The number of benzene rings is 2. The van der Waals surface area contributed by atoms with Crippen LogP contribution in [-0.2, 0) is 0 Å². The van der Waals surface area contributed by atoms with E-state index in [9.17, 15) is 0 Å². The lowest BCUT2D eigenvalue weighted by Gasteiger charge is -2.09. The monoisotopic (exact) mass is 296 g/mol. The Morgan fingerprint density at radius 3 is 2.27 bits per heavy atom. The van der Waals surface area contributed by atoms with Crippen molar-refractivity contribution in [3.8, 4) is 28.4 Å². The van der Waals surface area contributed by atoms with Crippen molar-refractivity contribution in [2.45, 2.75) is 0 Å². The number of anilines is 1. The molecule has 0 aliphatic heterocycles. The molecule has 2 N–H and O–H groups in total. The highest BCUT2D eigenvalue weighted by Gasteiger charge is 2.18. The molecule has 0 radical (unpaired) electrons. The standard InChI is InChI=1S/C16H16N4O2/c1-21-13-9-5-3-7-11(13)15-16(17)20(19-18-15)12-8-4-6-10-14(12)22-2/h3-10H,17H2,1-2H3. The predicted molar refractivity (Wildman–Crippen MR) is 84.3 cm³/mol. The zero-order chi connectivity index (χ0) is 15.5. The number of para-hydroxylation sites is 3. The topological polar surface area (TPSA) is 75.2 Å². The molecule has 0 saturated carbocycles. The number of ether oxygens (including phenoxy) is 2. The van der Waals surface area contributed by atoms with Gasteiger partial charge >= 0.3 is 0 Å². The van der Waals surface area contributed by atoms with E-state index >= 15 is 0 Å². The van der Waals surface area contributed by atoms with Crippen LogP contribution in [0.25, 0.3) is 16.9 Å². The van der Waals surface area contributed by atoms with Crippen LogP contribution < -0.4 is 15.2 Å². The Morgan fingerprint density at radius 2 is 1.55 bits per heavy atom. The van der Waals surface area contributed by atoms with Gasteiger partial charge in [-0.1, -0.05) is 29.5 Å². The summed E-state index contributed by atoms with van der Waals surface area (Å²) in [6.07, 6.45) is 0. The van der Waals surface area contributed by atoms with Crippen LogP contribution in [-0.4, -0.2) is 29.2 Å². The lowest BCUT2D eigenvalue weighted by molar-refractivity contribution is 0.411. The molecule has 0 saturated heterocycles. The van der Waals surface area contributed by atoms with Crippen molar-refractivity contribution in [2.75, 3.05) is 20.0 Å². The van der Waals surface area contributed by atoms with Crippen molar-refractivity contribution in [1.29, 1.82) is 0 Å². The quantitative estimate of drug-likeness (QED) is 0.800. The van der Waals surface area contributed by atoms with Gasteiger partial charge in [0, 0.05) is 5.56 Å². The first-order valence-corrected chi connectivity index (χ1v) is 6.74. The van der Waals surface area contributed by atoms with Crippen LogP contribution >= 0.6 is 0 Å². The highest BCUT2D eigenvalue weighted by Crippen LogP contribution is 2.33. The number of rotatable bonds is 4.